The number of carbonyl (C=O) groups is 1. The Balaban J connectivity index is 1.42. The maximum absolute atomic E-state index is 12.7. The molecule has 1 aromatic heterocycles. The van der Waals surface area contributed by atoms with Gasteiger partial charge in [0.25, 0.3) is 5.91 Å². The number of carbonyl (C=O) groups excluding carboxylic acids is 2. The van der Waals surface area contributed by atoms with Crippen LogP contribution in [0.4, 0.5) is 0 Å². The zero-order valence-corrected chi connectivity index (χ0v) is 14.2. The van der Waals surface area contributed by atoms with E-state index in [1.807, 2.05) is 23.3 Å². The van der Waals surface area contributed by atoms with Gasteiger partial charge in [0.2, 0.25) is 6.29 Å². The van der Waals surface area contributed by atoms with E-state index in [1.54, 1.807) is 17.4 Å². The molecule has 1 fully saturated rings. The highest BCUT2D eigenvalue weighted by Gasteiger charge is 2.35. The predicted molar refractivity (Wildman–Crippen MR) is 93.7 cm³/mol. The molecule has 5 heteroatoms. The van der Waals surface area contributed by atoms with E-state index in [2.05, 4.69) is 22.4 Å². The van der Waals surface area contributed by atoms with Crippen LogP contribution in [0.25, 0.3) is 0 Å². The molecule has 0 unspecified atom stereocenters. The fourth-order valence-electron chi connectivity index (χ4n) is 3.78. The van der Waals surface area contributed by atoms with Crippen LogP contribution in [0.5, 0.6) is 0 Å². The van der Waals surface area contributed by atoms with Crippen molar-refractivity contribution in [1.29, 1.82) is 0 Å². The van der Waals surface area contributed by atoms with Crippen LogP contribution < -0.4 is 0 Å². The number of nitrogens with zero attached hydrogens (tertiary/aromatic N) is 2. The van der Waals surface area contributed by atoms with Gasteiger partial charge in [0.1, 0.15) is 0 Å². The van der Waals surface area contributed by atoms with Crippen LogP contribution in [-0.2, 0) is 17.9 Å². The van der Waals surface area contributed by atoms with Crippen molar-refractivity contribution in [1.82, 2.24) is 9.80 Å². The number of hydrogen-bond acceptors (Lipinski definition) is 4. The Hall–Kier alpha value is -1.98. The summed E-state index contributed by atoms with van der Waals surface area (Å²) in [4.78, 5) is 29.6. The Labute approximate surface area is 145 Å². The fraction of sp³-hybridized carbons (Fsp3) is 0.368. The molecule has 0 saturated carbocycles. The number of benzene rings is 1. The SMILES string of the molecule is O=[C]c1cccc2c1C(=O)N(C1CCN(Cc3cccs3)CC1)C2. The van der Waals surface area contributed by atoms with Crippen molar-refractivity contribution in [2.75, 3.05) is 13.1 Å². The summed E-state index contributed by atoms with van der Waals surface area (Å²) in [6.45, 7) is 3.65. The van der Waals surface area contributed by atoms with E-state index >= 15 is 0 Å². The highest BCUT2D eigenvalue weighted by molar-refractivity contribution is 7.09. The van der Waals surface area contributed by atoms with E-state index in [0.29, 0.717) is 17.7 Å². The molecule has 1 amide bonds. The third-order valence-corrected chi connectivity index (χ3v) is 5.89. The van der Waals surface area contributed by atoms with Crippen LogP contribution in [0.2, 0.25) is 0 Å². The first-order valence-corrected chi connectivity index (χ1v) is 9.20. The highest BCUT2D eigenvalue weighted by atomic mass is 32.1. The fourth-order valence-corrected chi connectivity index (χ4v) is 4.52. The Morgan fingerprint density at radius 3 is 2.71 bits per heavy atom. The van der Waals surface area contributed by atoms with Gasteiger partial charge in [-0.1, -0.05) is 24.3 Å². The Bertz CT molecular complexity index is 749. The molecular formula is C19H19N2O2S. The minimum atomic E-state index is 0.000608. The number of fused-ring (bicyclic) bond motifs is 1. The van der Waals surface area contributed by atoms with Crippen LogP contribution >= 0.6 is 11.3 Å². The van der Waals surface area contributed by atoms with Crippen LogP contribution in [0.3, 0.4) is 0 Å². The lowest BCUT2D eigenvalue weighted by atomic mass is 10.0. The van der Waals surface area contributed by atoms with Gasteiger partial charge in [-0.25, -0.2) is 0 Å². The molecule has 4 rings (SSSR count). The lowest BCUT2D eigenvalue weighted by Gasteiger charge is -2.36. The molecule has 0 N–H and O–H groups in total. The number of hydrogen-bond donors (Lipinski definition) is 0. The van der Waals surface area contributed by atoms with Crippen molar-refractivity contribution < 1.29 is 9.59 Å². The first kappa shape index (κ1) is 15.5. The van der Waals surface area contributed by atoms with Crippen LogP contribution in [0, 0.1) is 0 Å². The molecule has 123 valence electrons. The molecule has 0 aliphatic carbocycles. The normalized spacial score (nSPS) is 18.8. The molecule has 1 radical (unpaired) electrons. The number of likely N-dealkylation sites (tertiary alicyclic amines) is 1. The summed E-state index contributed by atoms with van der Waals surface area (Å²) in [5.41, 5.74) is 1.92. The standard InChI is InChI=1S/C19H19N2O2S/c22-13-15-4-1-3-14-11-21(19(23)18(14)15)16-6-8-20(9-7-16)12-17-5-2-10-24-17/h1-5,10,16H,6-9,11-12H2. The summed E-state index contributed by atoms with van der Waals surface area (Å²) in [7, 11) is 0. The molecule has 2 aromatic rings. The molecule has 1 aromatic carbocycles. The average molecular weight is 339 g/mol. The monoisotopic (exact) mass is 339 g/mol. The summed E-state index contributed by atoms with van der Waals surface area (Å²) in [5, 5.41) is 2.11. The third kappa shape index (κ3) is 2.78. The lowest BCUT2D eigenvalue weighted by Crippen LogP contribution is -2.44. The molecule has 2 aliphatic heterocycles. The van der Waals surface area contributed by atoms with Crippen molar-refractivity contribution in [3.8, 4) is 0 Å². The zero-order valence-electron chi connectivity index (χ0n) is 13.4. The second kappa shape index (κ2) is 6.49. The van der Waals surface area contributed by atoms with Gasteiger partial charge in [-0.15, -0.1) is 11.3 Å². The molecule has 2 aliphatic rings. The number of thiophene rings is 1. The maximum atomic E-state index is 12.7. The maximum Gasteiger partial charge on any atom is 0.255 e. The van der Waals surface area contributed by atoms with E-state index in [9.17, 15) is 9.59 Å². The van der Waals surface area contributed by atoms with Crippen molar-refractivity contribution in [3.05, 3.63) is 57.3 Å². The topological polar surface area (TPSA) is 40.6 Å². The molecular weight excluding hydrogens is 320 g/mol. The molecule has 0 bridgehead atoms. The first-order chi connectivity index (χ1) is 11.8. The number of amides is 1. The van der Waals surface area contributed by atoms with Gasteiger partial charge in [-0.3, -0.25) is 14.5 Å². The smallest absolute Gasteiger partial charge is 0.255 e. The summed E-state index contributed by atoms with van der Waals surface area (Å²) >= 11 is 1.80. The van der Waals surface area contributed by atoms with E-state index < -0.39 is 0 Å². The molecule has 0 atom stereocenters. The zero-order chi connectivity index (χ0) is 16.5. The van der Waals surface area contributed by atoms with Gasteiger partial charge in [0.05, 0.1) is 5.56 Å². The van der Waals surface area contributed by atoms with Crippen molar-refractivity contribution in [3.63, 3.8) is 0 Å². The van der Waals surface area contributed by atoms with Crippen molar-refractivity contribution in [2.24, 2.45) is 0 Å². The van der Waals surface area contributed by atoms with Crippen LogP contribution in [-0.4, -0.2) is 41.1 Å². The summed E-state index contributed by atoms with van der Waals surface area (Å²) in [6, 6.07) is 9.99. The molecule has 4 nitrogen and oxygen atoms in total. The van der Waals surface area contributed by atoms with Crippen LogP contribution in [0.15, 0.2) is 35.7 Å². The quantitative estimate of drug-likeness (QED) is 0.860. The Kier molecular flexibility index (Phi) is 4.21. The lowest BCUT2D eigenvalue weighted by molar-refractivity contribution is 0.0591. The minimum Gasteiger partial charge on any atom is -0.331 e. The minimum absolute atomic E-state index is 0.000608. The second-order valence-electron chi connectivity index (χ2n) is 6.46. The van der Waals surface area contributed by atoms with Gasteiger partial charge in [0.15, 0.2) is 0 Å². The van der Waals surface area contributed by atoms with Crippen molar-refractivity contribution in [2.45, 2.75) is 32.0 Å². The molecule has 1 saturated heterocycles. The predicted octanol–water partition coefficient (Wildman–Crippen LogP) is 2.83. The van der Waals surface area contributed by atoms with Crippen LogP contribution in [0.1, 0.15) is 39.2 Å². The Morgan fingerprint density at radius 1 is 1.17 bits per heavy atom. The second-order valence-corrected chi connectivity index (χ2v) is 7.49. The van der Waals surface area contributed by atoms with E-state index in [-0.39, 0.29) is 11.9 Å². The van der Waals surface area contributed by atoms with Gasteiger partial charge in [-0.05, 0) is 29.9 Å². The third-order valence-electron chi connectivity index (χ3n) is 5.03. The van der Waals surface area contributed by atoms with E-state index in [1.165, 1.54) is 4.88 Å². The molecule has 0 spiro atoms. The van der Waals surface area contributed by atoms with E-state index in [0.717, 1.165) is 38.0 Å². The van der Waals surface area contributed by atoms with Crippen molar-refractivity contribution >= 4 is 23.5 Å². The number of rotatable bonds is 4. The van der Waals surface area contributed by atoms with Gasteiger partial charge < -0.3 is 4.90 Å². The highest BCUT2D eigenvalue weighted by Crippen LogP contribution is 2.30. The Morgan fingerprint density at radius 2 is 2.00 bits per heavy atom. The summed E-state index contributed by atoms with van der Waals surface area (Å²) in [6.07, 6.45) is 3.89. The average Bonchev–Trinajstić information content (AvgIpc) is 3.24. The van der Waals surface area contributed by atoms with Gasteiger partial charge in [0, 0.05) is 42.7 Å². The molecule has 24 heavy (non-hydrogen) atoms. The molecule has 3 heterocycles. The largest absolute Gasteiger partial charge is 0.331 e. The van der Waals surface area contributed by atoms with Gasteiger partial charge in [-0.2, -0.15) is 0 Å². The van der Waals surface area contributed by atoms with Gasteiger partial charge >= 0.3 is 0 Å². The first-order valence-electron chi connectivity index (χ1n) is 8.32. The summed E-state index contributed by atoms with van der Waals surface area (Å²) in [5.74, 6) is 0.000608. The number of piperidine rings is 1. The summed E-state index contributed by atoms with van der Waals surface area (Å²) < 4.78 is 0. The van der Waals surface area contributed by atoms with E-state index in [4.69, 9.17) is 0 Å².